The molecule has 0 saturated carbocycles. The van der Waals surface area contributed by atoms with Gasteiger partial charge in [0.15, 0.2) is 0 Å². The second-order valence-corrected chi connectivity index (χ2v) is 4.31. The van der Waals surface area contributed by atoms with E-state index in [1.54, 1.807) is 32.4 Å². The number of carbonyl (C=O) groups is 1. The molecule has 1 aliphatic heterocycles. The van der Waals surface area contributed by atoms with Gasteiger partial charge in [-0.05, 0) is 18.2 Å². The smallest absolute Gasteiger partial charge is 0.322 e. The number of methoxy groups -OCH3 is 2. The summed E-state index contributed by atoms with van der Waals surface area (Å²) in [6.07, 6.45) is 0. The Kier molecular flexibility index (Phi) is 4.24. The lowest BCUT2D eigenvalue weighted by Gasteiger charge is -2.32. The molecular formula is C13H18N2O4. The molecule has 0 spiro atoms. The number of carboxylic acid groups (broad SMARTS) is 1. The van der Waals surface area contributed by atoms with Crippen molar-refractivity contribution in [1.29, 1.82) is 0 Å². The minimum absolute atomic E-state index is 0.351. The fourth-order valence-corrected chi connectivity index (χ4v) is 2.29. The predicted molar refractivity (Wildman–Crippen MR) is 69.7 cm³/mol. The summed E-state index contributed by atoms with van der Waals surface area (Å²) in [5.74, 6) is 0.433. The van der Waals surface area contributed by atoms with E-state index >= 15 is 0 Å². The minimum atomic E-state index is -0.887. The van der Waals surface area contributed by atoms with Crippen LogP contribution < -0.4 is 20.1 Å². The van der Waals surface area contributed by atoms with Crippen molar-refractivity contribution in [2.24, 2.45) is 0 Å². The van der Waals surface area contributed by atoms with Crippen LogP contribution in [0.4, 0.5) is 0 Å². The van der Waals surface area contributed by atoms with Crippen molar-refractivity contribution in [2.75, 3.05) is 27.3 Å². The van der Waals surface area contributed by atoms with Crippen molar-refractivity contribution in [3.05, 3.63) is 23.8 Å². The molecule has 3 N–H and O–H groups in total. The lowest BCUT2D eigenvalue weighted by atomic mass is 9.96. The van der Waals surface area contributed by atoms with Gasteiger partial charge in [0.1, 0.15) is 17.5 Å². The molecule has 1 saturated heterocycles. The molecule has 0 amide bonds. The second kappa shape index (κ2) is 5.90. The van der Waals surface area contributed by atoms with Gasteiger partial charge in [-0.1, -0.05) is 0 Å². The Morgan fingerprint density at radius 3 is 2.63 bits per heavy atom. The molecule has 2 atom stereocenters. The van der Waals surface area contributed by atoms with E-state index in [4.69, 9.17) is 9.47 Å². The van der Waals surface area contributed by atoms with E-state index < -0.39 is 12.0 Å². The number of rotatable bonds is 4. The van der Waals surface area contributed by atoms with Gasteiger partial charge in [0.2, 0.25) is 0 Å². The van der Waals surface area contributed by atoms with Crippen LogP contribution in [0.1, 0.15) is 11.6 Å². The van der Waals surface area contributed by atoms with Crippen LogP contribution in [-0.2, 0) is 4.79 Å². The maximum atomic E-state index is 11.3. The van der Waals surface area contributed by atoms with Crippen LogP contribution in [0, 0.1) is 0 Å². The van der Waals surface area contributed by atoms with Crippen molar-refractivity contribution in [1.82, 2.24) is 10.6 Å². The summed E-state index contributed by atoms with van der Waals surface area (Å²) >= 11 is 0. The summed E-state index contributed by atoms with van der Waals surface area (Å²) in [7, 11) is 3.14. The van der Waals surface area contributed by atoms with E-state index in [1.165, 1.54) is 0 Å². The van der Waals surface area contributed by atoms with Crippen molar-refractivity contribution < 1.29 is 19.4 Å². The summed E-state index contributed by atoms with van der Waals surface area (Å²) in [5, 5.41) is 15.5. The average Bonchev–Trinajstić information content (AvgIpc) is 2.46. The number of benzene rings is 1. The van der Waals surface area contributed by atoms with E-state index in [9.17, 15) is 9.90 Å². The van der Waals surface area contributed by atoms with Crippen LogP contribution in [0.15, 0.2) is 18.2 Å². The molecule has 1 aliphatic rings. The minimum Gasteiger partial charge on any atom is -0.497 e. The Balaban J connectivity index is 2.39. The monoisotopic (exact) mass is 266 g/mol. The van der Waals surface area contributed by atoms with Gasteiger partial charge in [-0.3, -0.25) is 4.79 Å². The normalized spacial score (nSPS) is 22.8. The molecule has 2 rings (SSSR count). The summed E-state index contributed by atoms with van der Waals surface area (Å²) < 4.78 is 10.5. The Hall–Kier alpha value is -1.79. The van der Waals surface area contributed by atoms with Crippen molar-refractivity contribution in [3.8, 4) is 11.5 Å². The molecular weight excluding hydrogens is 248 g/mol. The molecule has 1 heterocycles. The summed E-state index contributed by atoms with van der Waals surface area (Å²) in [5.41, 5.74) is 0.779. The molecule has 2 unspecified atom stereocenters. The molecule has 1 aromatic rings. The highest BCUT2D eigenvalue weighted by atomic mass is 16.5. The van der Waals surface area contributed by atoms with Gasteiger partial charge in [-0.25, -0.2) is 0 Å². The number of hydrogen-bond acceptors (Lipinski definition) is 5. The molecule has 6 nitrogen and oxygen atoms in total. The lowest BCUT2D eigenvalue weighted by Crippen LogP contribution is -2.54. The molecule has 0 aromatic heterocycles. The zero-order valence-electron chi connectivity index (χ0n) is 11.0. The fraction of sp³-hybridized carbons (Fsp3) is 0.462. The third kappa shape index (κ3) is 2.80. The first-order valence-corrected chi connectivity index (χ1v) is 6.09. The molecule has 0 radical (unpaired) electrons. The van der Waals surface area contributed by atoms with Crippen molar-refractivity contribution >= 4 is 5.97 Å². The van der Waals surface area contributed by atoms with E-state index in [0.29, 0.717) is 24.6 Å². The quantitative estimate of drug-likeness (QED) is 0.731. The first kappa shape index (κ1) is 13.6. The third-order valence-electron chi connectivity index (χ3n) is 3.22. The number of aliphatic carboxylic acids is 1. The van der Waals surface area contributed by atoms with E-state index in [0.717, 1.165) is 5.56 Å². The largest absolute Gasteiger partial charge is 0.497 e. The van der Waals surface area contributed by atoms with Gasteiger partial charge in [0, 0.05) is 18.7 Å². The molecule has 1 aromatic carbocycles. The van der Waals surface area contributed by atoms with E-state index in [-0.39, 0.29) is 6.04 Å². The van der Waals surface area contributed by atoms with Crippen LogP contribution in [-0.4, -0.2) is 44.4 Å². The van der Waals surface area contributed by atoms with E-state index in [2.05, 4.69) is 10.6 Å². The molecule has 0 bridgehead atoms. The number of carboxylic acids is 1. The van der Waals surface area contributed by atoms with Crippen LogP contribution in [0.3, 0.4) is 0 Å². The molecule has 0 aliphatic carbocycles. The number of piperazine rings is 1. The van der Waals surface area contributed by atoms with Gasteiger partial charge in [0.25, 0.3) is 0 Å². The molecule has 6 heteroatoms. The van der Waals surface area contributed by atoms with Crippen molar-refractivity contribution in [2.45, 2.75) is 12.1 Å². The Bertz CT molecular complexity index is 464. The van der Waals surface area contributed by atoms with E-state index in [1.807, 2.05) is 0 Å². The summed E-state index contributed by atoms with van der Waals surface area (Å²) in [4.78, 5) is 11.3. The molecule has 104 valence electrons. The predicted octanol–water partition coefficient (Wildman–Crippen LogP) is 0.391. The van der Waals surface area contributed by atoms with Gasteiger partial charge >= 0.3 is 5.97 Å². The maximum absolute atomic E-state index is 11.3. The van der Waals surface area contributed by atoms with Gasteiger partial charge in [-0.15, -0.1) is 0 Å². The SMILES string of the molecule is COc1ccc(OC)c(C2NCCNC2C(=O)O)c1. The topological polar surface area (TPSA) is 79.8 Å². The lowest BCUT2D eigenvalue weighted by molar-refractivity contribution is -0.140. The van der Waals surface area contributed by atoms with Crippen LogP contribution >= 0.6 is 0 Å². The fourth-order valence-electron chi connectivity index (χ4n) is 2.29. The first-order chi connectivity index (χ1) is 9.17. The average molecular weight is 266 g/mol. The highest BCUT2D eigenvalue weighted by Gasteiger charge is 2.33. The Labute approximate surface area is 111 Å². The van der Waals surface area contributed by atoms with Gasteiger partial charge in [-0.2, -0.15) is 0 Å². The Morgan fingerprint density at radius 2 is 2.00 bits per heavy atom. The highest BCUT2D eigenvalue weighted by molar-refractivity contribution is 5.75. The number of hydrogen-bond donors (Lipinski definition) is 3. The van der Waals surface area contributed by atoms with Crippen LogP contribution in [0.2, 0.25) is 0 Å². The first-order valence-electron chi connectivity index (χ1n) is 6.09. The van der Waals surface area contributed by atoms with Gasteiger partial charge < -0.3 is 25.2 Å². The van der Waals surface area contributed by atoms with Gasteiger partial charge in [0.05, 0.1) is 20.3 Å². The number of ether oxygens (including phenoxy) is 2. The molecule has 19 heavy (non-hydrogen) atoms. The zero-order chi connectivity index (χ0) is 13.8. The second-order valence-electron chi connectivity index (χ2n) is 4.31. The van der Waals surface area contributed by atoms with Crippen LogP contribution in [0.5, 0.6) is 11.5 Å². The van der Waals surface area contributed by atoms with Crippen LogP contribution in [0.25, 0.3) is 0 Å². The molecule has 1 fully saturated rings. The summed E-state index contributed by atoms with van der Waals surface area (Å²) in [6, 6.07) is 4.34. The Morgan fingerprint density at radius 1 is 1.26 bits per heavy atom. The van der Waals surface area contributed by atoms with Crippen molar-refractivity contribution in [3.63, 3.8) is 0 Å². The summed E-state index contributed by atoms with van der Waals surface area (Å²) in [6.45, 7) is 1.33. The third-order valence-corrected chi connectivity index (χ3v) is 3.22. The standard InChI is InChI=1S/C13H18N2O4/c1-18-8-3-4-10(19-2)9(7-8)11-12(13(16)17)15-6-5-14-11/h3-4,7,11-12,14-15H,5-6H2,1-2H3,(H,16,17). The number of nitrogens with one attached hydrogen (secondary N) is 2. The zero-order valence-corrected chi connectivity index (χ0v) is 11.0. The highest BCUT2D eigenvalue weighted by Crippen LogP contribution is 2.31. The maximum Gasteiger partial charge on any atom is 0.322 e.